The van der Waals surface area contributed by atoms with Crippen LogP contribution in [-0.4, -0.2) is 63.5 Å². The fourth-order valence-electron chi connectivity index (χ4n) is 4.92. The Morgan fingerprint density at radius 2 is 1.62 bits per heavy atom. The van der Waals surface area contributed by atoms with Gasteiger partial charge in [0.2, 0.25) is 0 Å². The van der Waals surface area contributed by atoms with Gasteiger partial charge in [-0.15, -0.1) is 0 Å². The molecule has 5 rings (SSSR count). The van der Waals surface area contributed by atoms with Crippen molar-refractivity contribution in [2.45, 2.75) is 33.4 Å². The third kappa shape index (κ3) is 6.21. The van der Waals surface area contributed by atoms with E-state index < -0.39 is 0 Å². The number of hydrogen-bond acceptors (Lipinski definition) is 6. The predicted octanol–water partition coefficient (Wildman–Crippen LogP) is 5.83. The third-order valence-corrected chi connectivity index (χ3v) is 6.99. The summed E-state index contributed by atoms with van der Waals surface area (Å²) < 4.78 is 0. The van der Waals surface area contributed by atoms with E-state index in [1.807, 2.05) is 30.6 Å². The Bertz CT molecular complexity index is 1310. The van der Waals surface area contributed by atoms with E-state index in [-0.39, 0.29) is 0 Å². The van der Waals surface area contributed by atoms with Crippen LogP contribution < -0.4 is 5.32 Å². The molecule has 4 aromatic rings. The highest BCUT2D eigenvalue weighted by molar-refractivity contribution is 5.76. The van der Waals surface area contributed by atoms with Crippen LogP contribution in [0.3, 0.4) is 0 Å². The lowest BCUT2D eigenvalue weighted by molar-refractivity contribution is 0.104. The molecular weight excluding hydrogens is 456 g/mol. The molecule has 1 aliphatic rings. The number of anilines is 1. The molecular formula is C31H36N6. The van der Waals surface area contributed by atoms with Gasteiger partial charge in [0.05, 0.1) is 11.4 Å². The lowest BCUT2D eigenvalue weighted by Gasteiger charge is -2.37. The maximum atomic E-state index is 4.78. The first kappa shape index (κ1) is 25.1. The molecule has 0 saturated carbocycles. The van der Waals surface area contributed by atoms with Gasteiger partial charge in [-0.05, 0) is 73.9 Å². The van der Waals surface area contributed by atoms with Gasteiger partial charge >= 0.3 is 0 Å². The molecule has 0 atom stereocenters. The van der Waals surface area contributed by atoms with Crippen LogP contribution in [0.15, 0.2) is 79.3 Å². The fourth-order valence-corrected chi connectivity index (χ4v) is 4.92. The van der Waals surface area contributed by atoms with Crippen molar-refractivity contribution in [2.75, 3.05) is 38.0 Å². The summed E-state index contributed by atoms with van der Waals surface area (Å²) in [6.45, 7) is 13.0. The second-order valence-corrected chi connectivity index (χ2v) is 9.94. The minimum atomic E-state index is 0.625. The molecule has 6 nitrogen and oxygen atoms in total. The summed E-state index contributed by atoms with van der Waals surface area (Å²) in [6, 6.07) is 21.8. The second-order valence-electron chi connectivity index (χ2n) is 9.94. The molecule has 1 aliphatic heterocycles. The minimum absolute atomic E-state index is 0.625. The van der Waals surface area contributed by atoms with Gasteiger partial charge in [0.25, 0.3) is 0 Å². The number of aromatic nitrogens is 3. The number of nitrogens with zero attached hydrogens (tertiary/aromatic N) is 5. The number of nitrogens with one attached hydrogen (secondary N) is 1. The SMILES string of the molecule is CCNc1cc(-c2cncc(-c3cccc(CN4CCN(C(C)C)CC4)c3)c2)cc(-c2ccccn2)n1. The minimum Gasteiger partial charge on any atom is -0.370 e. The monoisotopic (exact) mass is 492 g/mol. The van der Waals surface area contributed by atoms with Crippen molar-refractivity contribution >= 4 is 5.82 Å². The van der Waals surface area contributed by atoms with Crippen LogP contribution in [0.1, 0.15) is 26.3 Å². The molecule has 0 spiro atoms. The molecule has 0 aliphatic carbocycles. The lowest BCUT2D eigenvalue weighted by Crippen LogP contribution is -2.48. The summed E-state index contributed by atoms with van der Waals surface area (Å²) in [5, 5.41) is 3.36. The van der Waals surface area contributed by atoms with Crippen molar-refractivity contribution in [2.24, 2.45) is 0 Å². The van der Waals surface area contributed by atoms with E-state index in [1.165, 1.54) is 11.1 Å². The molecule has 0 unspecified atom stereocenters. The zero-order valence-electron chi connectivity index (χ0n) is 22.1. The number of hydrogen-bond donors (Lipinski definition) is 1. The zero-order valence-corrected chi connectivity index (χ0v) is 22.1. The fraction of sp³-hybridized carbons (Fsp3) is 0.323. The highest BCUT2D eigenvalue weighted by Crippen LogP contribution is 2.30. The first-order chi connectivity index (χ1) is 18.1. The van der Waals surface area contributed by atoms with Crippen LogP contribution in [-0.2, 0) is 6.54 Å². The summed E-state index contributed by atoms with van der Waals surface area (Å²) in [7, 11) is 0. The summed E-state index contributed by atoms with van der Waals surface area (Å²) in [4.78, 5) is 19.0. The molecule has 1 fully saturated rings. The van der Waals surface area contributed by atoms with Crippen molar-refractivity contribution in [3.63, 3.8) is 0 Å². The van der Waals surface area contributed by atoms with E-state index in [0.717, 1.165) is 73.2 Å². The Hall–Kier alpha value is -3.61. The highest BCUT2D eigenvalue weighted by atomic mass is 15.3. The molecule has 0 amide bonds. The van der Waals surface area contributed by atoms with E-state index in [0.29, 0.717) is 6.04 Å². The maximum absolute atomic E-state index is 4.78. The van der Waals surface area contributed by atoms with Gasteiger partial charge in [-0.2, -0.15) is 0 Å². The van der Waals surface area contributed by atoms with Crippen molar-refractivity contribution in [3.05, 3.63) is 84.8 Å². The maximum Gasteiger partial charge on any atom is 0.127 e. The standard InChI is InChI=1S/C31H36N6/c1-4-33-31-19-26(18-30(35-31)29-10-5-6-11-34-29)28-17-27(20-32-21-28)25-9-7-8-24(16-25)22-36-12-14-37(15-13-36)23(2)3/h5-11,16-21,23H,4,12-15,22H2,1-3H3,(H,33,35). The summed E-state index contributed by atoms with van der Waals surface area (Å²) in [5.41, 5.74) is 7.49. The Morgan fingerprint density at radius 1 is 0.811 bits per heavy atom. The van der Waals surface area contributed by atoms with E-state index >= 15 is 0 Å². The number of rotatable bonds is 8. The predicted molar refractivity (Wildman–Crippen MR) is 152 cm³/mol. The van der Waals surface area contributed by atoms with E-state index in [1.54, 1.807) is 6.20 Å². The van der Waals surface area contributed by atoms with E-state index in [4.69, 9.17) is 4.98 Å². The van der Waals surface area contributed by atoms with Gasteiger partial charge in [0.15, 0.2) is 0 Å². The Balaban J connectivity index is 1.39. The number of pyridine rings is 3. The Morgan fingerprint density at radius 3 is 2.35 bits per heavy atom. The quantitative estimate of drug-likeness (QED) is 0.334. The summed E-state index contributed by atoms with van der Waals surface area (Å²) in [5.74, 6) is 0.839. The van der Waals surface area contributed by atoms with Crippen LogP contribution in [0.4, 0.5) is 5.82 Å². The molecule has 6 heteroatoms. The number of benzene rings is 1. The molecule has 0 bridgehead atoms. The Kier molecular flexibility index (Phi) is 7.87. The van der Waals surface area contributed by atoms with Gasteiger partial charge < -0.3 is 5.32 Å². The molecule has 190 valence electrons. The van der Waals surface area contributed by atoms with Gasteiger partial charge in [-0.3, -0.25) is 19.8 Å². The average Bonchev–Trinajstić information content (AvgIpc) is 2.94. The van der Waals surface area contributed by atoms with Crippen LogP contribution in [0.5, 0.6) is 0 Å². The van der Waals surface area contributed by atoms with Gasteiger partial charge in [0, 0.05) is 75.0 Å². The van der Waals surface area contributed by atoms with Crippen LogP contribution >= 0.6 is 0 Å². The second kappa shape index (κ2) is 11.6. The van der Waals surface area contributed by atoms with Crippen LogP contribution in [0.2, 0.25) is 0 Å². The molecule has 1 N–H and O–H groups in total. The molecule has 1 saturated heterocycles. The third-order valence-electron chi connectivity index (χ3n) is 6.99. The Labute approximate surface area is 220 Å². The smallest absolute Gasteiger partial charge is 0.127 e. The topological polar surface area (TPSA) is 57.2 Å². The molecule has 0 radical (unpaired) electrons. The van der Waals surface area contributed by atoms with Gasteiger partial charge in [-0.25, -0.2) is 4.98 Å². The molecule has 1 aromatic carbocycles. The zero-order chi connectivity index (χ0) is 25.6. The van der Waals surface area contributed by atoms with E-state index in [9.17, 15) is 0 Å². The number of piperazine rings is 1. The largest absolute Gasteiger partial charge is 0.370 e. The van der Waals surface area contributed by atoms with Crippen LogP contribution in [0.25, 0.3) is 33.6 Å². The summed E-state index contributed by atoms with van der Waals surface area (Å²) in [6.07, 6.45) is 5.68. The molecule has 4 heterocycles. The van der Waals surface area contributed by atoms with Crippen LogP contribution in [0, 0.1) is 0 Å². The van der Waals surface area contributed by atoms with E-state index in [2.05, 4.69) is 88.3 Å². The average molecular weight is 493 g/mol. The van der Waals surface area contributed by atoms with Crippen molar-refractivity contribution in [1.82, 2.24) is 24.8 Å². The van der Waals surface area contributed by atoms with Crippen molar-refractivity contribution in [1.29, 1.82) is 0 Å². The van der Waals surface area contributed by atoms with Gasteiger partial charge in [-0.1, -0.05) is 24.3 Å². The molecule has 3 aromatic heterocycles. The highest BCUT2D eigenvalue weighted by Gasteiger charge is 2.19. The summed E-state index contributed by atoms with van der Waals surface area (Å²) >= 11 is 0. The first-order valence-electron chi connectivity index (χ1n) is 13.3. The molecule has 37 heavy (non-hydrogen) atoms. The van der Waals surface area contributed by atoms with Gasteiger partial charge in [0.1, 0.15) is 5.82 Å². The first-order valence-corrected chi connectivity index (χ1v) is 13.3. The lowest BCUT2D eigenvalue weighted by atomic mass is 10.00. The van der Waals surface area contributed by atoms with Crippen molar-refractivity contribution < 1.29 is 0 Å². The normalized spacial score (nSPS) is 14.7. The van der Waals surface area contributed by atoms with Crippen molar-refractivity contribution in [3.8, 4) is 33.6 Å².